The molecule has 1 N–H and O–H groups in total. The molecule has 0 amide bonds. The molecule has 2 aromatic rings. The summed E-state index contributed by atoms with van der Waals surface area (Å²) in [4.78, 5) is 10.1. The van der Waals surface area contributed by atoms with Gasteiger partial charge in [0.15, 0.2) is 5.75 Å². The number of hydrogen-bond acceptors (Lipinski definition) is 3. The maximum absolute atomic E-state index is 10.8. The molecule has 0 atom stereocenters. The zero-order valence-corrected chi connectivity index (χ0v) is 10.3. The Balaban J connectivity index is 2.57. The number of phenolic OH excluding ortho intramolecular Hbond substituents is 1. The summed E-state index contributed by atoms with van der Waals surface area (Å²) < 4.78 is 0. The van der Waals surface area contributed by atoms with Crippen molar-refractivity contribution >= 4 is 17.3 Å². The van der Waals surface area contributed by atoms with Gasteiger partial charge in [0, 0.05) is 11.1 Å². The number of hydrogen-bond donors (Lipinski definition) is 1. The third-order valence-corrected chi connectivity index (χ3v) is 2.77. The van der Waals surface area contributed by atoms with Crippen molar-refractivity contribution in [2.45, 2.75) is 6.92 Å². The molecule has 2 rings (SSSR count). The lowest BCUT2D eigenvalue weighted by Gasteiger charge is -2.05. The van der Waals surface area contributed by atoms with E-state index < -0.39 is 4.92 Å². The quantitative estimate of drug-likeness (QED) is 0.659. The van der Waals surface area contributed by atoms with Crippen LogP contribution in [0, 0.1) is 17.0 Å². The third kappa shape index (κ3) is 2.43. The Hall–Kier alpha value is -2.07. The van der Waals surface area contributed by atoms with Gasteiger partial charge >= 0.3 is 5.69 Å². The van der Waals surface area contributed by atoms with E-state index in [0.29, 0.717) is 10.6 Å². The van der Waals surface area contributed by atoms with Gasteiger partial charge in [-0.3, -0.25) is 10.1 Å². The molecular weight excluding hydrogens is 254 g/mol. The van der Waals surface area contributed by atoms with Crippen LogP contribution in [-0.4, -0.2) is 10.0 Å². The van der Waals surface area contributed by atoms with Gasteiger partial charge in [-0.1, -0.05) is 23.7 Å². The van der Waals surface area contributed by atoms with Crippen molar-refractivity contribution in [3.05, 3.63) is 57.1 Å². The van der Waals surface area contributed by atoms with Crippen LogP contribution in [0.1, 0.15) is 5.56 Å². The number of nitrogens with zero attached hydrogens (tertiary/aromatic N) is 1. The van der Waals surface area contributed by atoms with Gasteiger partial charge in [-0.15, -0.1) is 0 Å². The zero-order valence-electron chi connectivity index (χ0n) is 9.55. The van der Waals surface area contributed by atoms with Crippen LogP contribution < -0.4 is 0 Å². The number of benzene rings is 2. The number of nitro benzene ring substituents is 1. The molecule has 0 aliphatic carbocycles. The molecule has 0 aliphatic rings. The molecule has 92 valence electrons. The fraction of sp³-hybridized carbons (Fsp3) is 0.0769. The van der Waals surface area contributed by atoms with Gasteiger partial charge in [0.1, 0.15) is 0 Å². The summed E-state index contributed by atoms with van der Waals surface area (Å²) in [5.74, 6) is -0.345. The highest BCUT2D eigenvalue weighted by Crippen LogP contribution is 2.32. The summed E-state index contributed by atoms with van der Waals surface area (Å²) in [6.07, 6.45) is 0. The molecule has 5 heteroatoms. The van der Waals surface area contributed by atoms with Crippen molar-refractivity contribution in [2.24, 2.45) is 0 Å². The molecule has 0 unspecified atom stereocenters. The normalized spacial score (nSPS) is 10.3. The van der Waals surface area contributed by atoms with Gasteiger partial charge in [-0.05, 0) is 41.8 Å². The number of aryl methyl sites for hydroxylation is 1. The van der Waals surface area contributed by atoms with Crippen LogP contribution in [0.15, 0.2) is 36.4 Å². The van der Waals surface area contributed by atoms with Crippen LogP contribution in [-0.2, 0) is 0 Å². The SMILES string of the molecule is Cc1cc(Cl)cc(-c2ccc(O)c([N+](=O)[O-])c2)c1. The Bertz CT molecular complexity index is 605. The molecule has 0 fully saturated rings. The first-order chi connectivity index (χ1) is 8.47. The summed E-state index contributed by atoms with van der Waals surface area (Å²) in [6.45, 7) is 1.89. The molecule has 4 nitrogen and oxygen atoms in total. The van der Waals surface area contributed by atoms with E-state index in [0.717, 1.165) is 11.1 Å². The van der Waals surface area contributed by atoms with Gasteiger partial charge < -0.3 is 5.11 Å². The van der Waals surface area contributed by atoms with E-state index in [9.17, 15) is 15.2 Å². The lowest BCUT2D eigenvalue weighted by Crippen LogP contribution is -1.89. The fourth-order valence-electron chi connectivity index (χ4n) is 1.75. The Morgan fingerprint density at radius 1 is 1.17 bits per heavy atom. The summed E-state index contributed by atoms with van der Waals surface area (Å²) in [6, 6.07) is 9.67. The second kappa shape index (κ2) is 4.66. The molecule has 0 aliphatic heterocycles. The first kappa shape index (κ1) is 12.4. The van der Waals surface area contributed by atoms with E-state index in [1.807, 2.05) is 13.0 Å². The number of halogens is 1. The highest BCUT2D eigenvalue weighted by Gasteiger charge is 2.14. The summed E-state index contributed by atoms with van der Waals surface area (Å²) in [5, 5.41) is 20.7. The van der Waals surface area contributed by atoms with Crippen molar-refractivity contribution in [2.75, 3.05) is 0 Å². The summed E-state index contributed by atoms with van der Waals surface area (Å²) in [7, 11) is 0. The first-order valence-corrected chi connectivity index (χ1v) is 5.60. The van der Waals surface area contributed by atoms with Crippen molar-refractivity contribution in [1.82, 2.24) is 0 Å². The zero-order chi connectivity index (χ0) is 13.3. The largest absolute Gasteiger partial charge is 0.502 e. The minimum absolute atomic E-state index is 0.315. The van der Waals surface area contributed by atoms with E-state index in [-0.39, 0.29) is 11.4 Å². The number of rotatable bonds is 2. The van der Waals surface area contributed by atoms with E-state index in [1.165, 1.54) is 12.1 Å². The van der Waals surface area contributed by atoms with Crippen LogP contribution in [0.5, 0.6) is 5.75 Å². The first-order valence-electron chi connectivity index (χ1n) is 5.22. The maximum atomic E-state index is 10.8. The van der Waals surface area contributed by atoms with Gasteiger partial charge in [-0.25, -0.2) is 0 Å². The summed E-state index contributed by atoms with van der Waals surface area (Å²) in [5.41, 5.74) is 2.08. The van der Waals surface area contributed by atoms with Gasteiger partial charge in [0.25, 0.3) is 0 Å². The predicted molar refractivity (Wildman–Crippen MR) is 69.9 cm³/mol. The number of aromatic hydroxyl groups is 1. The van der Waals surface area contributed by atoms with Crippen LogP contribution >= 0.6 is 11.6 Å². The molecule has 0 saturated carbocycles. The number of nitro groups is 1. The highest BCUT2D eigenvalue weighted by atomic mass is 35.5. The minimum atomic E-state index is -0.615. The number of phenols is 1. The minimum Gasteiger partial charge on any atom is -0.502 e. The highest BCUT2D eigenvalue weighted by molar-refractivity contribution is 6.30. The molecule has 0 heterocycles. The van der Waals surface area contributed by atoms with Crippen molar-refractivity contribution < 1.29 is 10.0 Å². The third-order valence-electron chi connectivity index (χ3n) is 2.55. The average Bonchev–Trinajstić information content (AvgIpc) is 2.27. The standard InChI is InChI=1S/C13H10ClNO3/c1-8-4-10(6-11(14)5-8)9-2-3-13(16)12(7-9)15(17)18/h2-7,16H,1H3. The van der Waals surface area contributed by atoms with Crippen LogP contribution in [0.25, 0.3) is 11.1 Å². The second-order valence-corrected chi connectivity index (χ2v) is 4.41. The van der Waals surface area contributed by atoms with Crippen LogP contribution in [0.4, 0.5) is 5.69 Å². The van der Waals surface area contributed by atoms with E-state index in [4.69, 9.17) is 11.6 Å². The Kier molecular flexibility index (Phi) is 3.21. The molecular formula is C13H10ClNO3. The molecule has 0 radical (unpaired) electrons. The van der Waals surface area contributed by atoms with Gasteiger partial charge in [-0.2, -0.15) is 0 Å². The second-order valence-electron chi connectivity index (χ2n) is 3.98. The molecule has 0 saturated heterocycles. The predicted octanol–water partition coefficient (Wildman–Crippen LogP) is 3.93. The summed E-state index contributed by atoms with van der Waals surface area (Å²) >= 11 is 5.95. The maximum Gasteiger partial charge on any atom is 0.311 e. The van der Waals surface area contributed by atoms with E-state index >= 15 is 0 Å². The fourth-order valence-corrected chi connectivity index (χ4v) is 2.04. The van der Waals surface area contributed by atoms with Crippen molar-refractivity contribution in [1.29, 1.82) is 0 Å². The van der Waals surface area contributed by atoms with Crippen molar-refractivity contribution in [3.63, 3.8) is 0 Å². The molecule has 2 aromatic carbocycles. The van der Waals surface area contributed by atoms with Crippen molar-refractivity contribution in [3.8, 4) is 16.9 Å². The van der Waals surface area contributed by atoms with Crippen LogP contribution in [0.3, 0.4) is 0 Å². The van der Waals surface area contributed by atoms with Gasteiger partial charge in [0.2, 0.25) is 0 Å². The monoisotopic (exact) mass is 263 g/mol. The Morgan fingerprint density at radius 2 is 1.89 bits per heavy atom. The molecule has 0 aromatic heterocycles. The molecule has 18 heavy (non-hydrogen) atoms. The Morgan fingerprint density at radius 3 is 2.50 bits per heavy atom. The Labute approximate surface area is 109 Å². The van der Waals surface area contributed by atoms with E-state index in [1.54, 1.807) is 18.2 Å². The van der Waals surface area contributed by atoms with Gasteiger partial charge in [0.05, 0.1) is 4.92 Å². The molecule has 0 bridgehead atoms. The lowest BCUT2D eigenvalue weighted by atomic mass is 10.0. The topological polar surface area (TPSA) is 63.4 Å². The van der Waals surface area contributed by atoms with Crippen LogP contribution in [0.2, 0.25) is 5.02 Å². The smallest absolute Gasteiger partial charge is 0.311 e. The molecule has 0 spiro atoms. The van der Waals surface area contributed by atoms with E-state index in [2.05, 4.69) is 0 Å². The lowest BCUT2D eigenvalue weighted by molar-refractivity contribution is -0.385. The average molecular weight is 264 g/mol.